The van der Waals surface area contributed by atoms with Gasteiger partial charge in [0.2, 0.25) is 0 Å². The minimum atomic E-state index is 0.0742. The number of ketones is 1. The Labute approximate surface area is 113 Å². The van der Waals surface area contributed by atoms with E-state index in [4.69, 9.17) is 0 Å². The van der Waals surface area contributed by atoms with Crippen molar-refractivity contribution in [2.45, 2.75) is 31.6 Å². The van der Waals surface area contributed by atoms with Crippen LogP contribution in [0.15, 0.2) is 36.7 Å². The minimum Gasteiger partial charge on any atom is -0.299 e. The zero-order valence-corrected chi connectivity index (χ0v) is 11.2. The normalized spacial score (nSPS) is 18.1. The van der Waals surface area contributed by atoms with Gasteiger partial charge in [-0.1, -0.05) is 24.3 Å². The number of aromatic nitrogens is 2. The van der Waals surface area contributed by atoms with Gasteiger partial charge in [-0.3, -0.25) is 9.48 Å². The maximum absolute atomic E-state index is 12.5. The summed E-state index contributed by atoms with van der Waals surface area (Å²) in [5, 5.41) is 4.12. The molecular weight excluding hydrogens is 236 g/mol. The standard InChI is InChI=1S/C16H18N2O/c1-18-11-12(10-17-18)9-16(19)15-8-4-6-13-5-2-3-7-14(13)15/h2-3,5,7,10-11,15H,4,6,8-9H2,1H3. The predicted molar refractivity (Wildman–Crippen MR) is 74.0 cm³/mol. The summed E-state index contributed by atoms with van der Waals surface area (Å²) in [6, 6.07) is 8.36. The van der Waals surface area contributed by atoms with Gasteiger partial charge in [-0.2, -0.15) is 5.10 Å². The van der Waals surface area contributed by atoms with Crippen LogP contribution in [0.1, 0.15) is 35.4 Å². The Morgan fingerprint density at radius 1 is 1.42 bits per heavy atom. The van der Waals surface area contributed by atoms with E-state index < -0.39 is 0 Å². The molecule has 19 heavy (non-hydrogen) atoms. The smallest absolute Gasteiger partial charge is 0.144 e. The van der Waals surface area contributed by atoms with Crippen LogP contribution in [0.3, 0.4) is 0 Å². The summed E-state index contributed by atoms with van der Waals surface area (Å²) in [5.74, 6) is 0.394. The Morgan fingerprint density at radius 2 is 2.26 bits per heavy atom. The number of carbonyl (C=O) groups is 1. The highest BCUT2D eigenvalue weighted by molar-refractivity contribution is 5.88. The van der Waals surface area contributed by atoms with Crippen molar-refractivity contribution < 1.29 is 4.79 Å². The van der Waals surface area contributed by atoms with Crippen molar-refractivity contribution in [2.24, 2.45) is 7.05 Å². The molecule has 1 aromatic heterocycles. The molecule has 1 atom stereocenters. The Bertz CT molecular complexity index is 600. The minimum absolute atomic E-state index is 0.0742. The molecule has 0 amide bonds. The molecule has 1 aliphatic carbocycles. The Balaban J connectivity index is 1.81. The van der Waals surface area contributed by atoms with Gasteiger partial charge >= 0.3 is 0 Å². The summed E-state index contributed by atoms with van der Waals surface area (Å²) >= 11 is 0. The molecule has 98 valence electrons. The Morgan fingerprint density at radius 3 is 3.05 bits per heavy atom. The fourth-order valence-corrected chi connectivity index (χ4v) is 2.98. The molecule has 3 rings (SSSR count). The summed E-state index contributed by atoms with van der Waals surface area (Å²) < 4.78 is 1.75. The Kier molecular flexibility index (Phi) is 3.20. The molecular formula is C16H18N2O. The van der Waals surface area contributed by atoms with Crippen LogP contribution in [0, 0.1) is 0 Å². The van der Waals surface area contributed by atoms with Crippen molar-refractivity contribution in [1.29, 1.82) is 0 Å². The van der Waals surface area contributed by atoms with Crippen LogP contribution in [0.2, 0.25) is 0 Å². The third-order valence-corrected chi connectivity index (χ3v) is 3.89. The summed E-state index contributed by atoms with van der Waals surface area (Å²) in [6.07, 6.45) is 7.40. The first-order valence-corrected chi connectivity index (χ1v) is 6.82. The molecule has 3 heteroatoms. The molecule has 1 unspecified atom stereocenters. The third-order valence-electron chi connectivity index (χ3n) is 3.89. The van der Waals surface area contributed by atoms with Crippen molar-refractivity contribution in [1.82, 2.24) is 9.78 Å². The number of hydrogen-bond donors (Lipinski definition) is 0. The highest BCUT2D eigenvalue weighted by atomic mass is 16.1. The van der Waals surface area contributed by atoms with Gasteiger partial charge in [0.05, 0.1) is 6.20 Å². The fraction of sp³-hybridized carbons (Fsp3) is 0.375. The van der Waals surface area contributed by atoms with E-state index in [9.17, 15) is 4.79 Å². The highest BCUT2D eigenvalue weighted by Gasteiger charge is 2.26. The van der Waals surface area contributed by atoms with Gasteiger partial charge in [-0.15, -0.1) is 0 Å². The maximum Gasteiger partial charge on any atom is 0.144 e. The zero-order valence-electron chi connectivity index (χ0n) is 11.2. The van der Waals surface area contributed by atoms with Crippen LogP contribution in [-0.4, -0.2) is 15.6 Å². The number of Topliss-reactive ketones (excluding diaryl/α,β-unsaturated/α-hetero) is 1. The first kappa shape index (κ1) is 12.2. The van der Waals surface area contributed by atoms with Gasteiger partial charge in [0.25, 0.3) is 0 Å². The van der Waals surface area contributed by atoms with Crippen molar-refractivity contribution in [3.05, 3.63) is 53.3 Å². The second-order valence-corrected chi connectivity index (χ2v) is 5.31. The molecule has 0 radical (unpaired) electrons. The molecule has 0 bridgehead atoms. The average Bonchev–Trinajstić information content (AvgIpc) is 2.83. The number of benzene rings is 1. The van der Waals surface area contributed by atoms with Crippen LogP contribution >= 0.6 is 0 Å². The van der Waals surface area contributed by atoms with Gasteiger partial charge in [0, 0.05) is 25.6 Å². The molecule has 3 nitrogen and oxygen atoms in total. The maximum atomic E-state index is 12.5. The van der Waals surface area contributed by atoms with Crippen molar-refractivity contribution in [3.8, 4) is 0 Å². The first-order valence-electron chi connectivity index (χ1n) is 6.82. The lowest BCUT2D eigenvalue weighted by atomic mass is 9.79. The number of carbonyl (C=O) groups excluding carboxylic acids is 1. The molecule has 1 heterocycles. The van der Waals surface area contributed by atoms with Crippen LogP contribution in [0.5, 0.6) is 0 Å². The number of fused-ring (bicyclic) bond motifs is 1. The lowest BCUT2D eigenvalue weighted by Gasteiger charge is -2.24. The quantitative estimate of drug-likeness (QED) is 0.844. The largest absolute Gasteiger partial charge is 0.299 e. The predicted octanol–water partition coefficient (Wildman–Crippen LogP) is 2.65. The number of aryl methyl sites for hydroxylation is 2. The van der Waals surface area contributed by atoms with Crippen molar-refractivity contribution in [2.75, 3.05) is 0 Å². The second-order valence-electron chi connectivity index (χ2n) is 5.31. The zero-order chi connectivity index (χ0) is 13.2. The van der Waals surface area contributed by atoms with Crippen molar-refractivity contribution in [3.63, 3.8) is 0 Å². The molecule has 0 saturated carbocycles. The van der Waals surface area contributed by atoms with E-state index in [1.807, 2.05) is 19.3 Å². The number of hydrogen-bond acceptors (Lipinski definition) is 2. The average molecular weight is 254 g/mol. The molecule has 0 fully saturated rings. The van der Waals surface area contributed by atoms with Crippen molar-refractivity contribution >= 4 is 5.78 Å². The molecule has 1 aromatic carbocycles. The second kappa shape index (κ2) is 5.00. The van der Waals surface area contributed by atoms with E-state index >= 15 is 0 Å². The van der Waals surface area contributed by atoms with E-state index in [1.165, 1.54) is 11.1 Å². The van der Waals surface area contributed by atoms with Gasteiger partial charge in [0.1, 0.15) is 5.78 Å². The van der Waals surface area contributed by atoms with E-state index in [-0.39, 0.29) is 5.92 Å². The van der Waals surface area contributed by atoms with Crippen LogP contribution in [0.4, 0.5) is 0 Å². The monoisotopic (exact) mass is 254 g/mol. The van der Waals surface area contributed by atoms with E-state index in [0.29, 0.717) is 12.2 Å². The summed E-state index contributed by atoms with van der Waals surface area (Å²) in [4.78, 5) is 12.5. The topological polar surface area (TPSA) is 34.9 Å². The molecule has 2 aromatic rings. The first-order chi connectivity index (χ1) is 9.24. The number of rotatable bonds is 3. The SMILES string of the molecule is Cn1cc(CC(=O)C2CCCc3ccccc32)cn1. The van der Waals surface area contributed by atoms with Crippen LogP contribution in [0.25, 0.3) is 0 Å². The molecule has 0 N–H and O–H groups in total. The van der Waals surface area contributed by atoms with Crippen LogP contribution in [-0.2, 0) is 24.7 Å². The van der Waals surface area contributed by atoms with Gasteiger partial charge in [-0.25, -0.2) is 0 Å². The summed E-state index contributed by atoms with van der Waals surface area (Å²) in [7, 11) is 1.88. The highest BCUT2D eigenvalue weighted by Crippen LogP contribution is 2.32. The molecule has 0 saturated heterocycles. The molecule has 0 spiro atoms. The number of nitrogens with zero attached hydrogens (tertiary/aromatic N) is 2. The van der Waals surface area contributed by atoms with E-state index in [0.717, 1.165) is 24.8 Å². The van der Waals surface area contributed by atoms with E-state index in [2.05, 4.69) is 23.3 Å². The lowest BCUT2D eigenvalue weighted by molar-refractivity contribution is -0.120. The molecule has 0 aliphatic heterocycles. The van der Waals surface area contributed by atoms with Gasteiger partial charge in [0.15, 0.2) is 0 Å². The Hall–Kier alpha value is -1.90. The van der Waals surface area contributed by atoms with E-state index in [1.54, 1.807) is 10.9 Å². The van der Waals surface area contributed by atoms with Gasteiger partial charge in [-0.05, 0) is 36.0 Å². The summed E-state index contributed by atoms with van der Waals surface area (Å²) in [6.45, 7) is 0. The van der Waals surface area contributed by atoms with Crippen LogP contribution < -0.4 is 0 Å². The van der Waals surface area contributed by atoms with Gasteiger partial charge < -0.3 is 0 Å². The summed E-state index contributed by atoms with van der Waals surface area (Å²) in [5.41, 5.74) is 3.59. The fourth-order valence-electron chi connectivity index (χ4n) is 2.98. The molecule has 1 aliphatic rings. The third kappa shape index (κ3) is 2.46. The lowest BCUT2D eigenvalue weighted by Crippen LogP contribution is -2.20.